The van der Waals surface area contributed by atoms with Gasteiger partial charge in [0.25, 0.3) is 0 Å². The van der Waals surface area contributed by atoms with Crippen LogP contribution in [0.5, 0.6) is 0 Å². The normalized spacial score (nSPS) is 20.0. The maximum atomic E-state index is 11.9. The number of hydrogen-bond donors (Lipinski definition) is 1. The van der Waals surface area contributed by atoms with Crippen LogP contribution in [0.2, 0.25) is 0 Å². The summed E-state index contributed by atoms with van der Waals surface area (Å²) in [6.45, 7) is 2.95. The highest BCUT2D eigenvalue weighted by molar-refractivity contribution is 7.91. The summed E-state index contributed by atoms with van der Waals surface area (Å²) in [6, 6.07) is 1.89. The summed E-state index contributed by atoms with van der Waals surface area (Å²) in [5, 5.41) is 6.73. The van der Waals surface area contributed by atoms with Crippen molar-refractivity contribution >= 4 is 15.7 Å². The molecule has 0 saturated carbocycles. The molecule has 1 saturated heterocycles. The van der Waals surface area contributed by atoms with Gasteiger partial charge in [-0.2, -0.15) is 0 Å². The summed E-state index contributed by atoms with van der Waals surface area (Å²) in [5.74, 6) is 1.02. The Balaban J connectivity index is 1.68. The molecule has 1 aliphatic heterocycles. The highest BCUT2D eigenvalue weighted by Gasteiger charge is 2.30. The van der Waals surface area contributed by atoms with E-state index in [1.54, 1.807) is 0 Å². The van der Waals surface area contributed by atoms with Crippen LogP contribution in [0.3, 0.4) is 0 Å². The predicted octanol–water partition coefficient (Wildman–Crippen LogP) is 0.752. The molecule has 0 radical (unpaired) electrons. The molecule has 1 atom stereocenters. The predicted molar refractivity (Wildman–Crippen MR) is 86.7 cm³/mol. The summed E-state index contributed by atoms with van der Waals surface area (Å²) in [4.78, 5) is 13.8. The number of carbonyl (C=O) groups excluding carboxylic acids is 1. The first-order chi connectivity index (χ1) is 10.9. The molecule has 130 valence electrons. The third kappa shape index (κ3) is 5.62. The molecule has 1 N–H and O–H groups in total. The van der Waals surface area contributed by atoms with Crippen molar-refractivity contribution in [1.29, 1.82) is 0 Å². The SMILES string of the molecule is CCCc1cc(CNC(=O)CCN(C)C2CCS(=O)(=O)C2)on1. The lowest BCUT2D eigenvalue weighted by Gasteiger charge is -2.22. The second kappa shape index (κ2) is 7.92. The van der Waals surface area contributed by atoms with E-state index < -0.39 is 9.84 Å². The second-order valence-electron chi connectivity index (χ2n) is 6.10. The minimum Gasteiger partial charge on any atom is -0.359 e. The summed E-state index contributed by atoms with van der Waals surface area (Å²) in [6.07, 6.45) is 2.86. The van der Waals surface area contributed by atoms with Crippen molar-refractivity contribution in [2.24, 2.45) is 0 Å². The fourth-order valence-corrected chi connectivity index (χ4v) is 4.48. The van der Waals surface area contributed by atoms with Crippen LogP contribution in [-0.2, 0) is 27.6 Å². The van der Waals surface area contributed by atoms with E-state index in [1.807, 2.05) is 18.0 Å². The monoisotopic (exact) mass is 343 g/mol. The topological polar surface area (TPSA) is 92.5 Å². The lowest BCUT2D eigenvalue weighted by atomic mass is 10.2. The van der Waals surface area contributed by atoms with Crippen LogP contribution in [0.15, 0.2) is 10.6 Å². The van der Waals surface area contributed by atoms with Crippen molar-refractivity contribution in [3.63, 3.8) is 0 Å². The summed E-state index contributed by atoms with van der Waals surface area (Å²) in [7, 11) is -1.02. The molecule has 2 rings (SSSR count). The second-order valence-corrected chi connectivity index (χ2v) is 8.33. The van der Waals surface area contributed by atoms with Gasteiger partial charge in [0, 0.05) is 25.1 Å². The van der Waals surface area contributed by atoms with Gasteiger partial charge in [-0.15, -0.1) is 0 Å². The third-order valence-electron chi connectivity index (χ3n) is 4.10. The van der Waals surface area contributed by atoms with E-state index in [0.717, 1.165) is 18.5 Å². The smallest absolute Gasteiger partial charge is 0.221 e. The Hall–Kier alpha value is -1.41. The maximum Gasteiger partial charge on any atom is 0.221 e. The zero-order chi connectivity index (χ0) is 16.9. The van der Waals surface area contributed by atoms with Crippen LogP contribution in [0.25, 0.3) is 0 Å². The van der Waals surface area contributed by atoms with Gasteiger partial charge in [0.1, 0.15) is 0 Å². The maximum absolute atomic E-state index is 11.9. The van der Waals surface area contributed by atoms with Gasteiger partial charge in [-0.25, -0.2) is 8.42 Å². The Bertz CT molecular complexity index is 626. The molecular formula is C15H25N3O4S. The van der Waals surface area contributed by atoms with Crippen molar-refractivity contribution in [2.45, 2.75) is 45.2 Å². The van der Waals surface area contributed by atoms with Crippen LogP contribution < -0.4 is 5.32 Å². The van der Waals surface area contributed by atoms with Crippen molar-refractivity contribution in [3.05, 3.63) is 17.5 Å². The molecule has 0 spiro atoms. The Morgan fingerprint density at radius 1 is 1.52 bits per heavy atom. The van der Waals surface area contributed by atoms with E-state index in [4.69, 9.17) is 4.52 Å². The highest BCUT2D eigenvalue weighted by atomic mass is 32.2. The van der Waals surface area contributed by atoms with Gasteiger partial charge in [-0.05, 0) is 19.9 Å². The Morgan fingerprint density at radius 3 is 2.96 bits per heavy atom. The van der Waals surface area contributed by atoms with Gasteiger partial charge in [0.05, 0.1) is 23.7 Å². The molecule has 1 fully saturated rings. The van der Waals surface area contributed by atoms with E-state index in [-0.39, 0.29) is 23.5 Å². The summed E-state index contributed by atoms with van der Waals surface area (Å²) < 4.78 is 28.1. The number of aryl methyl sites for hydroxylation is 1. The fraction of sp³-hybridized carbons (Fsp3) is 0.733. The minimum absolute atomic E-state index is 0.0266. The van der Waals surface area contributed by atoms with Gasteiger partial charge in [-0.1, -0.05) is 18.5 Å². The number of hydrogen-bond acceptors (Lipinski definition) is 6. The Morgan fingerprint density at radius 2 is 2.30 bits per heavy atom. The number of carbonyl (C=O) groups is 1. The van der Waals surface area contributed by atoms with Gasteiger partial charge in [0.15, 0.2) is 15.6 Å². The van der Waals surface area contributed by atoms with Crippen LogP contribution in [0.4, 0.5) is 0 Å². The summed E-state index contributed by atoms with van der Waals surface area (Å²) >= 11 is 0. The molecule has 1 aromatic rings. The van der Waals surface area contributed by atoms with E-state index in [0.29, 0.717) is 31.7 Å². The first-order valence-corrected chi connectivity index (χ1v) is 9.83. The molecule has 1 aromatic heterocycles. The molecule has 0 aromatic carbocycles. The van der Waals surface area contributed by atoms with E-state index in [2.05, 4.69) is 17.4 Å². The van der Waals surface area contributed by atoms with E-state index >= 15 is 0 Å². The zero-order valence-electron chi connectivity index (χ0n) is 13.7. The van der Waals surface area contributed by atoms with Gasteiger partial charge in [-0.3, -0.25) is 4.79 Å². The standard InChI is InChI=1S/C15H25N3O4S/c1-3-4-12-9-14(22-17-12)10-16-15(19)5-7-18(2)13-6-8-23(20,21)11-13/h9,13H,3-8,10-11H2,1-2H3,(H,16,19). The van der Waals surface area contributed by atoms with Gasteiger partial charge in [0.2, 0.25) is 5.91 Å². The Labute approximate surface area is 137 Å². The van der Waals surface area contributed by atoms with Gasteiger partial charge >= 0.3 is 0 Å². The average molecular weight is 343 g/mol. The molecule has 8 heteroatoms. The lowest BCUT2D eigenvalue weighted by molar-refractivity contribution is -0.121. The van der Waals surface area contributed by atoms with Crippen molar-refractivity contribution in [2.75, 3.05) is 25.1 Å². The number of aromatic nitrogens is 1. The van der Waals surface area contributed by atoms with E-state index in [1.165, 1.54) is 0 Å². The fourth-order valence-electron chi connectivity index (χ4n) is 2.67. The van der Waals surface area contributed by atoms with Gasteiger partial charge < -0.3 is 14.7 Å². The van der Waals surface area contributed by atoms with Crippen molar-refractivity contribution in [1.82, 2.24) is 15.4 Å². The van der Waals surface area contributed by atoms with E-state index in [9.17, 15) is 13.2 Å². The molecule has 1 unspecified atom stereocenters. The van der Waals surface area contributed by atoms with Crippen LogP contribution in [0.1, 0.15) is 37.6 Å². The molecular weight excluding hydrogens is 318 g/mol. The molecule has 2 heterocycles. The highest BCUT2D eigenvalue weighted by Crippen LogP contribution is 2.16. The number of sulfone groups is 1. The molecule has 23 heavy (non-hydrogen) atoms. The minimum atomic E-state index is -2.89. The first-order valence-electron chi connectivity index (χ1n) is 8.01. The molecule has 1 amide bonds. The molecule has 0 aliphatic carbocycles. The number of amides is 1. The summed E-state index contributed by atoms with van der Waals surface area (Å²) in [5.41, 5.74) is 0.902. The van der Waals surface area contributed by atoms with Crippen molar-refractivity contribution in [3.8, 4) is 0 Å². The lowest BCUT2D eigenvalue weighted by Crippen LogP contribution is -2.36. The average Bonchev–Trinajstić information content (AvgIpc) is 3.09. The Kier molecular flexibility index (Phi) is 6.17. The third-order valence-corrected chi connectivity index (χ3v) is 5.85. The number of nitrogens with zero attached hydrogens (tertiary/aromatic N) is 2. The van der Waals surface area contributed by atoms with Crippen LogP contribution >= 0.6 is 0 Å². The number of nitrogens with one attached hydrogen (secondary N) is 1. The van der Waals surface area contributed by atoms with Crippen molar-refractivity contribution < 1.29 is 17.7 Å². The van der Waals surface area contributed by atoms with Crippen LogP contribution in [0, 0.1) is 0 Å². The zero-order valence-corrected chi connectivity index (χ0v) is 14.6. The molecule has 1 aliphatic rings. The first kappa shape index (κ1) is 17.9. The van der Waals surface area contributed by atoms with Crippen LogP contribution in [-0.4, -0.2) is 55.5 Å². The molecule has 0 bridgehead atoms. The largest absolute Gasteiger partial charge is 0.359 e. The number of rotatable bonds is 8. The quantitative estimate of drug-likeness (QED) is 0.749. The molecule has 7 nitrogen and oxygen atoms in total.